The van der Waals surface area contributed by atoms with Crippen LogP contribution in [-0.4, -0.2) is 20.6 Å². The fraction of sp³-hybridized carbons (Fsp3) is 0.0189. The Hall–Kier alpha value is -7.76. The fourth-order valence-electron chi connectivity index (χ4n) is 8.40. The molecule has 5 heteroatoms. The molecule has 0 aliphatic rings. The minimum Gasteiger partial charge on any atom is -0.383 e. The predicted molar refractivity (Wildman–Crippen MR) is 245 cm³/mol. The molecule has 5 nitrogen and oxygen atoms in total. The zero-order chi connectivity index (χ0) is 39.2. The summed E-state index contributed by atoms with van der Waals surface area (Å²) in [6.07, 6.45) is 0. The summed E-state index contributed by atoms with van der Waals surface area (Å²) in [5.41, 5.74) is 18.6. The summed E-state index contributed by atoms with van der Waals surface area (Å²) >= 11 is 0. The Morgan fingerprint density at radius 2 is 0.897 bits per heavy atom. The summed E-state index contributed by atoms with van der Waals surface area (Å²) in [5, 5.41) is 16.1. The van der Waals surface area contributed by atoms with Crippen molar-refractivity contribution in [3.8, 4) is 22.3 Å². The second kappa shape index (κ2) is 14.4. The standard InChI is InChI=1S/C27H18N2.C26H21N3/c1-28-23-12-6-4-11-21(23)22-15-14-17-16-25-20-10-3-2-8-18(20)19-9-5-7-13-24(19)29(25)26(17)27(22)28;27-25(23-15-11-21(12-16-23)19-7-3-1-4-8-19)29-26(28)24-17-13-22(14-18-24)20-9-5-2-6-10-20/h2-16H,1H3;1-18H,(H3,27,28,29). The number of benzene rings is 8. The topological polar surface area (TPSA) is 71.6 Å². The van der Waals surface area contributed by atoms with Crippen molar-refractivity contribution in [1.29, 1.82) is 5.41 Å². The van der Waals surface area contributed by atoms with E-state index in [1.165, 1.54) is 59.9 Å². The first kappa shape index (κ1) is 34.7. The Labute approximate surface area is 336 Å². The SMILES string of the molecule is Cn1c2ccccc2c2ccc3cc4c5ccccc5c5ccccc5n4c3c21.N=C(N=C(N)c1ccc(-c2ccccc2)cc1)c1ccc(-c2ccccc2)cc1. The molecule has 0 aliphatic heterocycles. The summed E-state index contributed by atoms with van der Waals surface area (Å²) in [6, 6.07) is 69.2. The average Bonchev–Trinajstić information content (AvgIpc) is 3.83. The highest BCUT2D eigenvalue weighted by Crippen LogP contribution is 2.39. The summed E-state index contributed by atoms with van der Waals surface area (Å²) in [7, 11) is 2.19. The number of rotatable bonds is 4. The maximum atomic E-state index is 8.29. The molecular weight excluding hydrogens is 707 g/mol. The summed E-state index contributed by atoms with van der Waals surface area (Å²) < 4.78 is 4.82. The lowest BCUT2D eigenvalue weighted by atomic mass is 10.0. The van der Waals surface area contributed by atoms with Crippen LogP contribution in [0.2, 0.25) is 0 Å². The van der Waals surface area contributed by atoms with Crippen LogP contribution in [0.25, 0.3) is 82.2 Å². The highest BCUT2D eigenvalue weighted by molar-refractivity contribution is 6.22. The molecule has 11 aromatic rings. The van der Waals surface area contributed by atoms with Crippen LogP contribution in [0.1, 0.15) is 11.1 Å². The van der Waals surface area contributed by atoms with E-state index >= 15 is 0 Å². The number of nitrogens with one attached hydrogen (secondary N) is 1. The van der Waals surface area contributed by atoms with E-state index in [4.69, 9.17) is 11.1 Å². The Bertz CT molecular complexity index is 3340. The second-order valence-corrected chi connectivity index (χ2v) is 14.6. The van der Waals surface area contributed by atoms with Crippen molar-refractivity contribution in [1.82, 2.24) is 8.97 Å². The Balaban J connectivity index is 0.000000141. The number of aromatic nitrogens is 2. The third-order valence-corrected chi connectivity index (χ3v) is 11.3. The van der Waals surface area contributed by atoms with Crippen molar-refractivity contribution >= 4 is 71.6 Å². The normalized spacial score (nSPS) is 11.8. The third-order valence-electron chi connectivity index (χ3n) is 11.3. The van der Waals surface area contributed by atoms with Crippen molar-refractivity contribution < 1.29 is 0 Å². The smallest absolute Gasteiger partial charge is 0.154 e. The first-order chi connectivity index (χ1) is 28.5. The number of fused-ring (bicyclic) bond motifs is 12. The number of nitrogens with zero attached hydrogens (tertiary/aromatic N) is 3. The minimum absolute atomic E-state index is 0.147. The lowest BCUT2D eigenvalue weighted by Crippen LogP contribution is -2.15. The zero-order valence-corrected chi connectivity index (χ0v) is 32.0. The van der Waals surface area contributed by atoms with E-state index in [9.17, 15) is 0 Å². The second-order valence-electron chi connectivity index (χ2n) is 14.6. The van der Waals surface area contributed by atoms with E-state index in [1.807, 2.05) is 84.9 Å². The van der Waals surface area contributed by atoms with E-state index in [2.05, 4.69) is 136 Å². The number of hydrogen-bond donors (Lipinski definition) is 2. The predicted octanol–water partition coefficient (Wildman–Crippen LogP) is 12.8. The van der Waals surface area contributed by atoms with E-state index < -0.39 is 0 Å². The molecular formula is C53H39N5. The number of hydrogen-bond acceptors (Lipinski definition) is 1. The number of amidine groups is 2. The van der Waals surface area contributed by atoms with Gasteiger partial charge in [0.25, 0.3) is 0 Å². The Kier molecular flexibility index (Phi) is 8.61. The monoisotopic (exact) mass is 745 g/mol. The van der Waals surface area contributed by atoms with Crippen molar-refractivity contribution in [2.24, 2.45) is 17.8 Å². The maximum absolute atomic E-state index is 8.29. The number of pyridine rings is 1. The van der Waals surface area contributed by atoms with E-state index in [0.29, 0.717) is 5.84 Å². The van der Waals surface area contributed by atoms with Crippen molar-refractivity contribution in [3.63, 3.8) is 0 Å². The molecule has 3 aromatic heterocycles. The first-order valence-corrected chi connectivity index (χ1v) is 19.5. The van der Waals surface area contributed by atoms with Crippen LogP contribution >= 0.6 is 0 Å². The molecule has 0 unspecified atom stereocenters. The molecule has 276 valence electrons. The number of aryl methyl sites for hydroxylation is 1. The lowest BCUT2D eigenvalue weighted by molar-refractivity contribution is 1.02. The molecule has 0 amide bonds. The third kappa shape index (κ3) is 5.97. The molecule has 58 heavy (non-hydrogen) atoms. The van der Waals surface area contributed by atoms with E-state index in [-0.39, 0.29) is 5.84 Å². The van der Waals surface area contributed by atoms with Crippen molar-refractivity contribution in [2.75, 3.05) is 0 Å². The van der Waals surface area contributed by atoms with Gasteiger partial charge in [-0.1, -0.05) is 182 Å². The molecule has 8 aromatic carbocycles. The van der Waals surface area contributed by atoms with Gasteiger partial charge in [0, 0.05) is 50.6 Å². The van der Waals surface area contributed by atoms with Crippen molar-refractivity contribution in [3.05, 3.63) is 211 Å². The van der Waals surface area contributed by atoms with Gasteiger partial charge in [-0.05, 0) is 45.8 Å². The molecule has 0 saturated carbocycles. The average molecular weight is 746 g/mol. The Morgan fingerprint density at radius 1 is 0.431 bits per heavy atom. The van der Waals surface area contributed by atoms with E-state index in [1.54, 1.807) is 0 Å². The molecule has 0 atom stereocenters. The summed E-state index contributed by atoms with van der Waals surface area (Å²) in [6.45, 7) is 0. The van der Waals surface area contributed by atoms with Crippen LogP contribution in [0, 0.1) is 5.41 Å². The van der Waals surface area contributed by atoms with Gasteiger partial charge in [0.2, 0.25) is 0 Å². The maximum Gasteiger partial charge on any atom is 0.154 e. The summed E-state index contributed by atoms with van der Waals surface area (Å²) in [4.78, 5) is 4.30. The van der Waals surface area contributed by atoms with Gasteiger partial charge in [0.15, 0.2) is 5.84 Å². The summed E-state index contributed by atoms with van der Waals surface area (Å²) in [5.74, 6) is 0.482. The Morgan fingerprint density at radius 3 is 1.50 bits per heavy atom. The largest absolute Gasteiger partial charge is 0.383 e. The first-order valence-electron chi connectivity index (χ1n) is 19.5. The van der Waals surface area contributed by atoms with Crippen LogP contribution < -0.4 is 5.73 Å². The van der Waals surface area contributed by atoms with E-state index in [0.717, 1.165) is 33.4 Å². The molecule has 0 aliphatic carbocycles. The molecule has 11 rings (SSSR count). The van der Waals surface area contributed by atoms with Gasteiger partial charge in [0.05, 0.1) is 22.1 Å². The zero-order valence-electron chi connectivity index (χ0n) is 32.0. The van der Waals surface area contributed by atoms with Crippen LogP contribution in [-0.2, 0) is 7.05 Å². The van der Waals surface area contributed by atoms with Gasteiger partial charge in [-0.2, -0.15) is 0 Å². The van der Waals surface area contributed by atoms with Gasteiger partial charge >= 0.3 is 0 Å². The molecule has 3 heterocycles. The molecule has 0 spiro atoms. The molecule has 0 saturated heterocycles. The van der Waals surface area contributed by atoms with Crippen molar-refractivity contribution in [2.45, 2.75) is 0 Å². The van der Waals surface area contributed by atoms with Gasteiger partial charge < -0.3 is 14.7 Å². The highest BCUT2D eigenvalue weighted by atomic mass is 15.0. The minimum atomic E-state index is 0.147. The highest BCUT2D eigenvalue weighted by Gasteiger charge is 2.17. The van der Waals surface area contributed by atoms with Gasteiger partial charge in [-0.15, -0.1) is 0 Å². The lowest BCUT2D eigenvalue weighted by Gasteiger charge is -2.11. The molecule has 0 fully saturated rings. The van der Waals surface area contributed by atoms with Gasteiger partial charge in [-0.3, -0.25) is 5.41 Å². The molecule has 0 bridgehead atoms. The van der Waals surface area contributed by atoms with Crippen LogP contribution in [0.15, 0.2) is 205 Å². The van der Waals surface area contributed by atoms with Gasteiger partial charge in [0.1, 0.15) is 5.84 Å². The van der Waals surface area contributed by atoms with Gasteiger partial charge in [-0.25, -0.2) is 4.99 Å². The fourth-order valence-corrected chi connectivity index (χ4v) is 8.40. The molecule has 0 radical (unpaired) electrons. The molecule has 3 N–H and O–H groups in total. The number of para-hydroxylation sites is 2. The van der Waals surface area contributed by atoms with Crippen LogP contribution in [0.4, 0.5) is 0 Å². The number of nitrogens with two attached hydrogens (primary N) is 1. The number of aliphatic imine (C=N–C) groups is 1. The van der Waals surface area contributed by atoms with Crippen LogP contribution in [0.3, 0.4) is 0 Å². The quantitative estimate of drug-likeness (QED) is 0.105. The van der Waals surface area contributed by atoms with Crippen LogP contribution in [0.5, 0.6) is 0 Å².